The molecule has 0 aliphatic heterocycles. The highest BCUT2D eigenvalue weighted by atomic mass is 16.2. The summed E-state index contributed by atoms with van der Waals surface area (Å²) < 4.78 is 0. The molecule has 1 heterocycles. The summed E-state index contributed by atoms with van der Waals surface area (Å²) in [7, 11) is 0. The molecule has 0 fully saturated rings. The first kappa shape index (κ1) is 16.1. The van der Waals surface area contributed by atoms with E-state index in [9.17, 15) is 9.59 Å². The average molecular weight is 277 g/mol. The third-order valence-electron chi connectivity index (χ3n) is 3.11. The lowest BCUT2D eigenvalue weighted by atomic mass is 10.2. The molecule has 5 nitrogen and oxygen atoms in total. The molecular formula is C15H23N3O2. The van der Waals surface area contributed by atoms with Crippen LogP contribution < -0.4 is 5.32 Å². The second-order valence-corrected chi connectivity index (χ2v) is 4.52. The first-order valence-corrected chi connectivity index (χ1v) is 7.17. The molecule has 5 heteroatoms. The fraction of sp³-hybridized carbons (Fsp3) is 0.533. The second-order valence-electron chi connectivity index (χ2n) is 4.52. The zero-order valence-corrected chi connectivity index (χ0v) is 12.5. The quantitative estimate of drug-likeness (QED) is 0.776. The molecular weight excluding hydrogens is 254 g/mol. The lowest BCUT2D eigenvalue weighted by Gasteiger charge is -2.18. The Morgan fingerprint density at radius 3 is 2.55 bits per heavy atom. The predicted octanol–water partition coefficient (Wildman–Crippen LogP) is 2.09. The smallest absolute Gasteiger partial charge is 0.272 e. The number of rotatable bonds is 7. The molecule has 0 saturated carbocycles. The van der Waals surface area contributed by atoms with E-state index in [4.69, 9.17) is 0 Å². The maximum atomic E-state index is 12.2. The minimum atomic E-state index is -0.158. The van der Waals surface area contributed by atoms with E-state index in [1.54, 1.807) is 17.0 Å². The summed E-state index contributed by atoms with van der Waals surface area (Å²) in [6.45, 7) is 7.82. The van der Waals surface area contributed by atoms with Gasteiger partial charge in [-0.15, -0.1) is 0 Å². The van der Waals surface area contributed by atoms with E-state index in [2.05, 4.69) is 17.2 Å². The van der Waals surface area contributed by atoms with E-state index in [-0.39, 0.29) is 11.8 Å². The predicted molar refractivity (Wildman–Crippen MR) is 78.7 cm³/mol. The highest BCUT2D eigenvalue weighted by Crippen LogP contribution is 2.06. The number of nitrogens with zero attached hydrogens (tertiary/aromatic N) is 2. The Balaban J connectivity index is 2.79. The summed E-state index contributed by atoms with van der Waals surface area (Å²) in [5, 5.41) is 2.83. The van der Waals surface area contributed by atoms with Crippen LogP contribution in [0.5, 0.6) is 0 Å². The van der Waals surface area contributed by atoms with Gasteiger partial charge >= 0.3 is 0 Å². The molecule has 0 aromatic carbocycles. The van der Waals surface area contributed by atoms with Crippen molar-refractivity contribution in [3.05, 3.63) is 29.6 Å². The van der Waals surface area contributed by atoms with Crippen LogP contribution in [0.25, 0.3) is 0 Å². The van der Waals surface area contributed by atoms with Gasteiger partial charge in [-0.05, 0) is 32.4 Å². The molecule has 0 radical (unpaired) electrons. The monoisotopic (exact) mass is 277 g/mol. The van der Waals surface area contributed by atoms with Crippen LogP contribution in [-0.4, -0.2) is 41.3 Å². The molecule has 0 saturated heterocycles. The highest BCUT2D eigenvalue weighted by molar-refractivity contribution is 5.98. The van der Waals surface area contributed by atoms with Crippen LogP contribution in [0, 0.1) is 0 Å². The zero-order valence-electron chi connectivity index (χ0n) is 12.5. The third kappa shape index (κ3) is 4.33. The van der Waals surface area contributed by atoms with E-state index < -0.39 is 0 Å². The molecule has 1 rings (SSSR count). The van der Waals surface area contributed by atoms with Crippen molar-refractivity contribution in [2.75, 3.05) is 19.6 Å². The maximum absolute atomic E-state index is 12.2. The van der Waals surface area contributed by atoms with Crippen molar-refractivity contribution >= 4 is 11.8 Å². The third-order valence-corrected chi connectivity index (χ3v) is 3.11. The minimum absolute atomic E-state index is 0.141. The number of nitrogens with one attached hydrogen (secondary N) is 1. The summed E-state index contributed by atoms with van der Waals surface area (Å²) >= 11 is 0. The molecule has 1 N–H and O–H groups in total. The summed E-state index contributed by atoms with van der Waals surface area (Å²) in [6.07, 6.45) is 3.48. The standard InChI is InChI=1S/C15H23N3O2/c1-4-7-9-17-14(19)12-8-10-16-13(11-12)15(20)18(5-2)6-3/h8,10-11H,4-7,9H2,1-3H3,(H,17,19). The van der Waals surface area contributed by atoms with Crippen LogP contribution in [0.15, 0.2) is 18.3 Å². The molecule has 0 unspecified atom stereocenters. The van der Waals surface area contributed by atoms with Gasteiger partial charge in [0.15, 0.2) is 0 Å². The maximum Gasteiger partial charge on any atom is 0.272 e. The largest absolute Gasteiger partial charge is 0.352 e. The lowest BCUT2D eigenvalue weighted by molar-refractivity contribution is 0.0767. The molecule has 0 atom stereocenters. The van der Waals surface area contributed by atoms with Crippen molar-refractivity contribution in [3.8, 4) is 0 Å². The van der Waals surface area contributed by atoms with Gasteiger partial charge in [-0.1, -0.05) is 13.3 Å². The van der Waals surface area contributed by atoms with E-state index in [0.29, 0.717) is 30.9 Å². The molecule has 2 amide bonds. The lowest BCUT2D eigenvalue weighted by Crippen LogP contribution is -2.31. The summed E-state index contributed by atoms with van der Waals surface area (Å²) in [5.74, 6) is -0.298. The molecule has 110 valence electrons. The molecule has 20 heavy (non-hydrogen) atoms. The van der Waals surface area contributed by atoms with E-state index in [1.165, 1.54) is 6.20 Å². The first-order valence-electron chi connectivity index (χ1n) is 7.17. The first-order chi connectivity index (χ1) is 9.63. The van der Waals surface area contributed by atoms with Gasteiger partial charge < -0.3 is 10.2 Å². The molecule has 0 spiro atoms. The molecule has 0 aliphatic rings. The number of hydrogen-bond acceptors (Lipinski definition) is 3. The molecule has 0 bridgehead atoms. The Labute approximate surface area is 120 Å². The van der Waals surface area contributed by atoms with Crippen LogP contribution in [0.2, 0.25) is 0 Å². The van der Waals surface area contributed by atoms with Crippen LogP contribution in [0.3, 0.4) is 0 Å². The van der Waals surface area contributed by atoms with Gasteiger partial charge in [0.25, 0.3) is 11.8 Å². The van der Waals surface area contributed by atoms with Gasteiger partial charge in [0.1, 0.15) is 5.69 Å². The van der Waals surface area contributed by atoms with Gasteiger partial charge in [-0.2, -0.15) is 0 Å². The normalized spacial score (nSPS) is 10.2. The van der Waals surface area contributed by atoms with Gasteiger partial charge in [0, 0.05) is 31.4 Å². The van der Waals surface area contributed by atoms with Crippen molar-refractivity contribution in [3.63, 3.8) is 0 Å². The van der Waals surface area contributed by atoms with Gasteiger partial charge in [0.05, 0.1) is 0 Å². The number of hydrogen-bond donors (Lipinski definition) is 1. The van der Waals surface area contributed by atoms with Crippen LogP contribution in [0.1, 0.15) is 54.5 Å². The van der Waals surface area contributed by atoms with Crippen LogP contribution in [0.4, 0.5) is 0 Å². The van der Waals surface area contributed by atoms with Crippen LogP contribution >= 0.6 is 0 Å². The molecule has 1 aromatic heterocycles. The fourth-order valence-corrected chi connectivity index (χ4v) is 1.84. The van der Waals surface area contributed by atoms with Crippen molar-refractivity contribution in [1.29, 1.82) is 0 Å². The van der Waals surface area contributed by atoms with Crippen molar-refractivity contribution in [2.24, 2.45) is 0 Å². The Kier molecular flexibility index (Phi) is 6.70. The Morgan fingerprint density at radius 1 is 1.25 bits per heavy atom. The fourth-order valence-electron chi connectivity index (χ4n) is 1.84. The SMILES string of the molecule is CCCCNC(=O)c1ccnc(C(=O)N(CC)CC)c1. The van der Waals surface area contributed by atoms with E-state index in [0.717, 1.165) is 12.8 Å². The topological polar surface area (TPSA) is 62.3 Å². The molecule has 0 aliphatic carbocycles. The summed E-state index contributed by atoms with van der Waals surface area (Å²) in [5.41, 5.74) is 0.795. The summed E-state index contributed by atoms with van der Waals surface area (Å²) in [4.78, 5) is 29.9. The van der Waals surface area contributed by atoms with Crippen molar-refractivity contribution < 1.29 is 9.59 Å². The van der Waals surface area contributed by atoms with E-state index in [1.807, 2.05) is 13.8 Å². The number of amides is 2. The van der Waals surface area contributed by atoms with Crippen molar-refractivity contribution in [1.82, 2.24) is 15.2 Å². The Morgan fingerprint density at radius 2 is 1.95 bits per heavy atom. The number of aromatic nitrogens is 1. The highest BCUT2D eigenvalue weighted by Gasteiger charge is 2.15. The average Bonchev–Trinajstić information content (AvgIpc) is 2.48. The van der Waals surface area contributed by atoms with Gasteiger partial charge in [0.2, 0.25) is 0 Å². The number of carbonyl (C=O) groups is 2. The Bertz CT molecular complexity index is 456. The van der Waals surface area contributed by atoms with Gasteiger partial charge in [-0.3, -0.25) is 14.6 Å². The number of unbranched alkanes of at least 4 members (excludes halogenated alkanes) is 1. The number of carbonyl (C=O) groups excluding carboxylic acids is 2. The van der Waals surface area contributed by atoms with E-state index >= 15 is 0 Å². The number of pyridine rings is 1. The molecule has 1 aromatic rings. The van der Waals surface area contributed by atoms with Gasteiger partial charge in [-0.25, -0.2) is 0 Å². The zero-order chi connectivity index (χ0) is 15.0. The second kappa shape index (κ2) is 8.30. The van der Waals surface area contributed by atoms with Crippen LogP contribution in [-0.2, 0) is 0 Å². The minimum Gasteiger partial charge on any atom is -0.352 e. The Hall–Kier alpha value is -1.91. The summed E-state index contributed by atoms with van der Waals surface area (Å²) in [6, 6.07) is 3.18. The van der Waals surface area contributed by atoms with Crippen molar-refractivity contribution in [2.45, 2.75) is 33.6 Å².